The van der Waals surface area contributed by atoms with Gasteiger partial charge in [-0.25, -0.2) is 14.8 Å². The van der Waals surface area contributed by atoms with Crippen LogP contribution in [0.15, 0.2) is 30.7 Å². The number of fused-ring (bicyclic) bond motifs is 1. The Morgan fingerprint density at radius 1 is 1.17 bits per heavy atom. The van der Waals surface area contributed by atoms with Gasteiger partial charge in [0.1, 0.15) is 16.7 Å². The molecule has 0 bridgehead atoms. The molecule has 7 heteroatoms. The quantitative estimate of drug-likeness (QED) is 0.545. The fraction of sp³-hybridized carbons (Fsp3) is 0.188. The van der Waals surface area contributed by atoms with Crippen LogP contribution in [0.2, 0.25) is 5.15 Å². The molecule has 0 unspecified atom stereocenters. The topological polar surface area (TPSA) is 65.7 Å². The maximum atomic E-state index is 12.2. The van der Waals surface area contributed by atoms with Crippen molar-refractivity contribution in [3.63, 3.8) is 0 Å². The largest absolute Gasteiger partial charge is 0.494 e. The van der Waals surface area contributed by atoms with Gasteiger partial charge in [-0.15, -0.1) is 0 Å². The van der Waals surface area contributed by atoms with Crippen LogP contribution in [0, 0.1) is 6.92 Å². The Labute approximate surface area is 137 Å². The first-order valence-corrected chi connectivity index (χ1v) is 7.19. The molecule has 0 saturated heterocycles. The lowest BCUT2D eigenvalue weighted by Crippen LogP contribution is -2.07. The predicted molar refractivity (Wildman–Crippen MR) is 86.1 cm³/mol. The van der Waals surface area contributed by atoms with Gasteiger partial charge in [0.15, 0.2) is 0 Å². The Balaban J connectivity index is 2.35. The second-order valence-electron chi connectivity index (χ2n) is 4.90. The van der Waals surface area contributed by atoms with Crippen LogP contribution in [-0.4, -0.2) is 34.6 Å². The van der Waals surface area contributed by atoms with Crippen LogP contribution >= 0.6 is 11.6 Å². The molecule has 3 heterocycles. The van der Waals surface area contributed by atoms with Gasteiger partial charge in [-0.2, -0.15) is 0 Å². The molecule has 118 valence electrons. The molecule has 0 amide bonds. The van der Waals surface area contributed by atoms with E-state index in [1.165, 1.54) is 20.4 Å². The van der Waals surface area contributed by atoms with Crippen molar-refractivity contribution in [3.05, 3.63) is 47.3 Å². The lowest BCUT2D eigenvalue weighted by atomic mass is 10.0. The number of nitrogens with zero attached hydrogens (tertiary/aromatic N) is 3. The van der Waals surface area contributed by atoms with E-state index in [0.717, 1.165) is 11.3 Å². The molecule has 0 N–H and O–H groups in total. The minimum atomic E-state index is -0.454. The first-order valence-electron chi connectivity index (χ1n) is 6.81. The number of rotatable bonds is 3. The number of esters is 1. The van der Waals surface area contributed by atoms with Crippen molar-refractivity contribution in [2.24, 2.45) is 0 Å². The van der Waals surface area contributed by atoms with Gasteiger partial charge in [-0.3, -0.25) is 0 Å². The summed E-state index contributed by atoms with van der Waals surface area (Å²) < 4.78 is 12.1. The van der Waals surface area contributed by atoms with Crippen molar-refractivity contribution >= 4 is 23.1 Å². The smallest absolute Gasteiger partial charge is 0.340 e. The second kappa shape index (κ2) is 5.89. The molecule has 0 atom stereocenters. The van der Waals surface area contributed by atoms with E-state index >= 15 is 0 Å². The average Bonchev–Trinajstić information content (AvgIpc) is 2.93. The number of carbonyl (C=O) groups excluding carboxylic acids is 1. The molecule has 0 radical (unpaired) electrons. The number of methoxy groups -OCH3 is 2. The van der Waals surface area contributed by atoms with Crippen molar-refractivity contribution in [1.29, 1.82) is 0 Å². The number of carbonyl (C=O) groups is 1. The fourth-order valence-corrected chi connectivity index (χ4v) is 2.61. The van der Waals surface area contributed by atoms with E-state index in [2.05, 4.69) is 9.97 Å². The lowest BCUT2D eigenvalue weighted by molar-refractivity contribution is 0.0601. The lowest BCUT2D eigenvalue weighted by Gasteiger charge is -2.13. The van der Waals surface area contributed by atoms with Crippen LogP contribution < -0.4 is 4.74 Å². The summed E-state index contributed by atoms with van der Waals surface area (Å²) in [5.74, 6) is 0.835. The van der Waals surface area contributed by atoms with E-state index in [1.54, 1.807) is 18.5 Å². The third-order valence-corrected chi connectivity index (χ3v) is 3.81. The minimum absolute atomic E-state index is 0.307. The van der Waals surface area contributed by atoms with Crippen LogP contribution in [0.3, 0.4) is 0 Å². The fourth-order valence-electron chi connectivity index (χ4n) is 2.46. The number of ether oxygens (including phenoxy) is 2. The molecule has 3 rings (SSSR count). The zero-order valence-corrected chi connectivity index (χ0v) is 13.6. The van der Waals surface area contributed by atoms with Gasteiger partial charge in [0.2, 0.25) is 0 Å². The highest BCUT2D eigenvalue weighted by molar-refractivity contribution is 6.29. The summed E-state index contributed by atoms with van der Waals surface area (Å²) in [6.45, 7) is 1.86. The van der Waals surface area contributed by atoms with Crippen molar-refractivity contribution in [2.75, 3.05) is 14.2 Å². The van der Waals surface area contributed by atoms with Gasteiger partial charge in [-0.1, -0.05) is 11.6 Å². The molecule has 3 aromatic heterocycles. The van der Waals surface area contributed by atoms with Crippen molar-refractivity contribution in [2.45, 2.75) is 6.92 Å². The summed E-state index contributed by atoms with van der Waals surface area (Å²) in [5, 5.41) is 0.307. The first-order chi connectivity index (χ1) is 11.0. The normalized spacial score (nSPS) is 10.8. The molecule has 3 aromatic rings. The van der Waals surface area contributed by atoms with E-state index in [4.69, 9.17) is 21.1 Å². The van der Waals surface area contributed by atoms with E-state index in [9.17, 15) is 4.79 Å². The van der Waals surface area contributed by atoms with Gasteiger partial charge in [-0.05, 0) is 19.1 Å². The van der Waals surface area contributed by atoms with E-state index in [0.29, 0.717) is 27.6 Å². The molecular weight excluding hydrogens is 318 g/mol. The molecule has 0 aliphatic rings. The van der Waals surface area contributed by atoms with Gasteiger partial charge in [0, 0.05) is 17.3 Å². The summed E-state index contributed by atoms with van der Waals surface area (Å²) in [6.07, 6.45) is 4.95. The summed E-state index contributed by atoms with van der Waals surface area (Å²) in [6, 6.07) is 3.50. The molecule has 6 nitrogen and oxygen atoms in total. The van der Waals surface area contributed by atoms with Crippen molar-refractivity contribution in [3.8, 4) is 16.9 Å². The Bertz CT molecular complexity index is 905. The maximum Gasteiger partial charge on any atom is 0.340 e. The number of halogens is 1. The van der Waals surface area contributed by atoms with Crippen molar-refractivity contribution < 1.29 is 14.3 Å². The number of pyridine rings is 2. The second-order valence-corrected chi connectivity index (χ2v) is 5.29. The summed E-state index contributed by atoms with van der Waals surface area (Å²) in [4.78, 5) is 20.5. The molecule has 0 aliphatic carbocycles. The SMILES string of the molecule is COC(=O)c1cn2c(C)ncc2cc1-c1cc(Cl)ncc1OC. The van der Waals surface area contributed by atoms with Gasteiger partial charge in [0.05, 0.1) is 37.7 Å². The van der Waals surface area contributed by atoms with Gasteiger partial charge >= 0.3 is 5.97 Å². The monoisotopic (exact) mass is 331 g/mol. The van der Waals surface area contributed by atoms with Crippen molar-refractivity contribution in [1.82, 2.24) is 14.4 Å². The van der Waals surface area contributed by atoms with Crippen LogP contribution in [-0.2, 0) is 4.74 Å². The van der Waals surface area contributed by atoms with Crippen LogP contribution in [0.5, 0.6) is 5.75 Å². The van der Waals surface area contributed by atoms with Crippen LogP contribution in [0.25, 0.3) is 16.6 Å². The highest BCUT2D eigenvalue weighted by Gasteiger charge is 2.19. The third kappa shape index (κ3) is 2.61. The number of hydrogen-bond donors (Lipinski definition) is 0. The first kappa shape index (κ1) is 15.3. The minimum Gasteiger partial charge on any atom is -0.494 e. The van der Waals surface area contributed by atoms with Gasteiger partial charge in [0.25, 0.3) is 0 Å². The molecule has 0 spiro atoms. The molecule has 0 saturated carbocycles. The van der Waals surface area contributed by atoms with Crippen LogP contribution in [0.4, 0.5) is 0 Å². The number of imidazole rings is 1. The van der Waals surface area contributed by atoms with Crippen LogP contribution in [0.1, 0.15) is 16.2 Å². The highest BCUT2D eigenvalue weighted by atomic mass is 35.5. The summed E-state index contributed by atoms with van der Waals surface area (Å²) >= 11 is 6.01. The van der Waals surface area contributed by atoms with E-state index < -0.39 is 5.97 Å². The highest BCUT2D eigenvalue weighted by Crippen LogP contribution is 2.34. The molecule has 0 fully saturated rings. The average molecular weight is 332 g/mol. The maximum absolute atomic E-state index is 12.2. The van der Waals surface area contributed by atoms with E-state index in [-0.39, 0.29) is 0 Å². The third-order valence-electron chi connectivity index (χ3n) is 3.60. The predicted octanol–water partition coefficient (Wildman–Crippen LogP) is 3.15. The number of aromatic nitrogens is 3. The Hall–Kier alpha value is -2.60. The number of hydrogen-bond acceptors (Lipinski definition) is 5. The Kier molecular flexibility index (Phi) is 3.92. The molecule has 0 aliphatic heterocycles. The number of aryl methyl sites for hydroxylation is 1. The standard InChI is InChI=1S/C16H14ClN3O3/c1-9-18-6-10-4-11(13(8-20(9)10)16(21)23-3)12-5-15(17)19-7-14(12)22-2/h4-8H,1-3H3. The molecule has 23 heavy (non-hydrogen) atoms. The summed E-state index contributed by atoms with van der Waals surface area (Å²) in [5.41, 5.74) is 2.54. The Morgan fingerprint density at radius 3 is 2.65 bits per heavy atom. The molecule has 0 aromatic carbocycles. The van der Waals surface area contributed by atoms with E-state index in [1.807, 2.05) is 17.4 Å². The molecular formula is C16H14ClN3O3. The Morgan fingerprint density at radius 2 is 1.96 bits per heavy atom. The summed E-state index contributed by atoms with van der Waals surface area (Å²) in [7, 11) is 2.88. The zero-order valence-electron chi connectivity index (χ0n) is 12.8. The van der Waals surface area contributed by atoms with Gasteiger partial charge < -0.3 is 13.9 Å². The zero-order chi connectivity index (χ0) is 16.6.